The second-order valence-electron chi connectivity index (χ2n) is 8.25. The van der Waals surface area contributed by atoms with Crippen LogP contribution in [0.1, 0.15) is 38.2 Å². The van der Waals surface area contributed by atoms with Gasteiger partial charge in [-0.15, -0.1) is 0 Å². The Morgan fingerprint density at radius 1 is 0.824 bits per heavy atom. The number of ether oxygens (including phenoxy) is 2. The maximum Gasteiger partial charge on any atom is 0.201 e. The molecule has 0 radical (unpaired) electrons. The Kier molecular flexibility index (Phi) is 7.37. The first-order valence-electron chi connectivity index (χ1n) is 11.4. The summed E-state index contributed by atoms with van der Waals surface area (Å²) in [5, 5.41) is 0. The first-order valence-corrected chi connectivity index (χ1v) is 11.4. The van der Waals surface area contributed by atoms with E-state index < -0.39 is 23.3 Å². The summed E-state index contributed by atoms with van der Waals surface area (Å²) in [6.07, 6.45) is 6.09. The first kappa shape index (κ1) is 24.0. The molecule has 2 nitrogen and oxygen atoms in total. The normalized spacial score (nSPS) is 18.4. The number of halogens is 4. The molecule has 1 aliphatic rings. The van der Waals surface area contributed by atoms with Crippen LogP contribution in [0.2, 0.25) is 0 Å². The minimum Gasteiger partial charge on any atom is -0.491 e. The molecule has 0 aliphatic carbocycles. The Morgan fingerprint density at radius 2 is 1.44 bits per heavy atom. The molecule has 3 aromatic carbocycles. The van der Waals surface area contributed by atoms with E-state index in [1.165, 1.54) is 24.3 Å². The number of hydrogen-bond acceptors (Lipinski definition) is 2. The highest BCUT2D eigenvalue weighted by Gasteiger charge is 2.23. The maximum absolute atomic E-state index is 15.0. The van der Waals surface area contributed by atoms with Gasteiger partial charge in [0.15, 0.2) is 23.2 Å². The lowest BCUT2D eigenvalue weighted by Gasteiger charge is -2.27. The summed E-state index contributed by atoms with van der Waals surface area (Å²) in [6, 6.07) is 12.3. The quantitative estimate of drug-likeness (QED) is 0.270. The molecule has 178 valence electrons. The molecule has 1 saturated heterocycles. The predicted octanol–water partition coefficient (Wildman–Crippen LogP) is 7.81. The summed E-state index contributed by atoms with van der Waals surface area (Å²) in [6.45, 7) is 4.36. The van der Waals surface area contributed by atoms with Crippen molar-refractivity contribution >= 4 is 0 Å². The first-order chi connectivity index (χ1) is 16.4. The van der Waals surface area contributed by atoms with Gasteiger partial charge < -0.3 is 9.47 Å². The number of benzene rings is 3. The molecule has 4 rings (SSSR count). The van der Waals surface area contributed by atoms with E-state index >= 15 is 0 Å². The highest BCUT2D eigenvalue weighted by molar-refractivity contribution is 5.72. The van der Waals surface area contributed by atoms with Crippen LogP contribution in [-0.4, -0.2) is 19.3 Å². The zero-order chi connectivity index (χ0) is 24.2. The van der Waals surface area contributed by atoms with E-state index in [0.29, 0.717) is 12.2 Å². The summed E-state index contributed by atoms with van der Waals surface area (Å²) in [5.74, 6) is -4.90. The third-order valence-electron chi connectivity index (χ3n) is 6.13. The molecular formula is C28H26F4O2. The van der Waals surface area contributed by atoms with E-state index in [9.17, 15) is 17.6 Å². The monoisotopic (exact) mass is 470 g/mol. The van der Waals surface area contributed by atoms with Gasteiger partial charge in [0.05, 0.1) is 19.3 Å². The van der Waals surface area contributed by atoms with Crippen LogP contribution in [0.5, 0.6) is 5.75 Å². The van der Waals surface area contributed by atoms with Crippen LogP contribution < -0.4 is 4.74 Å². The van der Waals surface area contributed by atoms with Gasteiger partial charge in [-0.2, -0.15) is 4.39 Å². The number of rotatable bonds is 6. The van der Waals surface area contributed by atoms with Gasteiger partial charge in [-0.3, -0.25) is 0 Å². The largest absolute Gasteiger partial charge is 0.491 e. The van der Waals surface area contributed by atoms with Crippen LogP contribution in [-0.2, 0) is 4.74 Å². The zero-order valence-electron chi connectivity index (χ0n) is 19.1. The fourth-order valence-corrected chi connectivity index (χ4v) is 4.32. The maximum atomic E-state index is 15.0. The van der Waals surface area contributed by atoms with Gasteiger partial charge in [0.2, 0.25) is 5.82 Å². The van der Waals surface area contributed by atoms with Crippen molar-refractivity contribution in [1.82, 2.24) is 0 Å². The van der Waals surface area contributed by atoms with Gasteiger partial charge in [-0.25, -0.2) is 13.2 Å². The molecule has 34 heavy (non-hydrogen) atoms. The van der Waals surface area contributed by atoms with Crippen LogP contribution >= 0.6 is 0 Å². The lowest BCUT2D eigenvalue weighted by atomic mass is 9.90. The molecule has 2 unspecified atom stereocenters. The minimum atomic E-state index is -1.28. The smallest absolute Gasteiger partial charge is 0.201 e. The lowest BCUT2D eigenvalue weighted by Crippen LogP contribution is -2.23. The fraction of sp³-hybridized carbons (Fsp3) is 0.286. The predicted molar refractivity (Wildman–Crippen MR) is 125 cm³/mol. The zero-order valence-corrected chi connectivity index (χ0v) is 19.1. The van der Waals surface area contributed by atoms with Crippen molar-refractivity contribution in [2.24, 2.45) is 0 Å². The molecule has 0 amide bonds. The van der Waals surface area contributed by atoms with Crippen molar-refractivity contribution in [3.05, 3.63) is 89.5 Å². The average Bonchev–Trinajstić information content (AvgIpc) is 2.85. The van der Waals surface area contributed by atoms with Crippen LogP contribution in [0.25, 0.3) is 22.3 Å². The van der Waals surface area contributed by atoms with Crippen LogP contribution in [0.15, 0.2) is 60.7 Å². The molecule has 3 aromatic rings. The Labute approximate surface area is 196 Å². The SMILES string of the molecule is C/C=C/C1CCC(c2ccc(-c3ccc(-c4ccc(OCC)c(F)c4F)c(F)c3F)cc2)CO1. The van der Waals surface area contributed by atoms with Gasteiger partial charge in [-0.05, 0) is 49.9 Å². The third-order valence-corrected chi connectivity index (χ3v) is 6.13. The summed E-state index contributed by atoms with van der Waals surface area (Å²) >= 11 is 0. The molecule has 0 saturated carbocycles. The molecule has 1 aliphatic heterocycles. The van der Waals surface area contributed by atoms with Crippen molar-refractivity contribution in [2.75, 3.05) is 13.2 Å². The van der Waals surface area contributed by atoms with Crippen molar-refractivity contribution in [3.8, 4) is 28.0 Å². The lowest BCUT2D eigenvalue weighted by molar-refractivity contribution is 0.0326. The molecule has 2 atom stereocenters. The molecule has 6 heteroatoms. The van der Waals surface area contributed by atoms with Crippen molar-refractivity contribution in [1.29, 1.82) is 0 Å². The highest BCUT2D eigenvalue weighted by atomic mass is 19.2. The van der Waals surface area contributed by atoms with Crippen molar-refractivity contribution in [3.63, 3.8) is 0 Å². The topological polar surface area (TPSA) is 18.5 Å². The standard InChI is InChI=1S/C28H26F4O2/c1-3-5-20-11-10-19(16-34-20)17-6-8-18(9-7-17)21-12-13-22(26(30)25(21)29)23-14-15-24(33-4-2)28(32)27(23)31/h3,5-9,12-15,19-20H,4,10-11,16H2,1-2H3/b5-3+. The van der Waals surface area contributed by atoms with E-state index in [4.69, 9.17) is 9.47 Å². The van der Waals surface area contributed by atoms with Gasteiger partial charge in [0.25, 0.3) is 0 Å². The molecular weight excluding hydrogens is 444 g/mol. The Hall–Kier alpha value is -3.12. The van der Waals surface area contributed by atoms with E-state index in [1.54, 1.807) is 19.1 Å². The summed E-state index contributed by atoms with van der Waals surface area (Å²) < 4.78 is 69.6. The van der Waals surface area contributed by atoms with Gasteiger partial charge in [0.1, 0.15) is 0 Å². The molecule has 1 fully saturated rings. The molecule has 0 aromatic heterocycles. The highest BCUT2D eigenvalue weighted by Crippen LogP contribution is 2.36. The van der Waals surface area contributed by atoms with E-state index in [2.05, 4.69) is 0 Å². The number of allylic oxidation sites excluding steroid dienone is 1. The van der Waals surface area contributed by atoms with Crippen molar-refractivity contribution in [2.45, 2.75) is 38.7 Å². The Morgan fingerprint density at radius 3 is 2.06 bits per heavy atom. The molecule has 1 heterocycles. The molecule has 0 N–H and O–H groups in total. The van der Waals surface area contributed by atoms with Gasteiger partial charge in [0, 0.05) is 22.6 Å². The number of hydrogen-bond donors (Lipinski definition) is 0. The Balaban J connectivity index is 1.58. The van der Waals surface area contributed by atoms with E-state index in [-0.39, 0.29) is 41.1 Å². The van der Waals surface area contributed by atoms with Crippen LogP contribution in [0.4, 0.5) is 17.6 Å². The fourth-order valence-electron chi connectivity index (χ4n) is 4.32. The van der Waals surface area contributed by atoms with Crippen molar-refractivity contribution < 1.29 is 27.0 Å². The summed E-state index contributed by atoms with van der Waals surface area (Å²) in [4.78, 5) is 0. The third kappa shape index (κ3) is 4.73. The average molecular weight is 471 g/mol. The van der Waals surface area contributed by atoms with Crippen LogP contribution in [0, 0.1) is 23.3 Å². The van der Waals surface area contributed by atoms with Gasteiger partial charge >= 0.3 is 0 Å². The van der Waals surface area contributed by atoms with Gasteiger partial charge in [-0.1, -0.05) is 48.6 Å². The minimum absolute atomic E-state index is 0.0488. The van der Waals surface area contributed by atoms with E-state index in [1.807, 2.05) is 31.2 Å². The Bertz CT molecular complexity index is 1180. The molecule has 0 spiro atoms. The van der Waals surface area contributed by atoms with Crippen LogP contribution in [0.3, 0.4) is 0 Å². The summed E-state index contributed by atoms with van der Waals surface area (Å²) in [7, 11) is 0. The second-order valence-corrected chi connectivity index (χ2v) is 8.25. The molecule has 0 bridgehead atoms. The second kappa shape index (κ2) is 10.4. The summed E-state index contributed by atoms with van der Waals surface area (Å²) in [5.41, 5.74) is 0.897. The van der Waals surface area contributed by atoms with E-state index in [0.717, 1.165) is 18.4 Å².